The Morgan fingerprint density at radius 2 is 1.74 bits per heavy atom. The molecule has 0 spiro atoms. The van der Waals surface area contributed by atoms with E-state index in [1.807, 2.05) is 80.6 Å². The Balaban J connectivity index is 1.67. The third-order valence-electron chi connectivity index (χ3n) is 4.10. The van der Waals surface area contributed by atoms with Crippen LogP contribution in [-0.4, -0.2) is 18.2 Å². The van der Waals surface area contributed by atoms with Crippen LogP contribution in [0.1, 0.15) is 19.4 Å². The van der Waals surface area contributed by atoms with E-state index in [0.29, 0.717) is 5.75 Å². The summed E-state index contributed by atoms with van der Waals surface area (Å²) < 4.78 is 6.51. The molecule has 4 nitrogen and oxygen atoms in total. The first-order valence-corrected chi connectivity index (χ1v) is 9.57. The zero-order chi connectivity index (χ0) is 19.2. The summed E-state index contributed by atoms with van der Waals surface area (Å²) in [5.74, 6) is 0.507. The van der Waals surface area contributed by atoms with Crippen LogP contribution in [0.5, 0.6) is 5.75 Å². The van der Waals surface area contributed by atoms with Crippen molar-refractivity contribution >= 4 is 38.3 Å². The van der Waals surface area contributed by atoms with Gasteiger partial charge in [-0.25, -0.2) is 5.43 Å². The molecule has 0 heterocycles. The van der Waals surface area contributed by atoms with Crippen molar-refractivity contribution in [3.8, 4) is 5.75 Å². The second kappa shape index (κ2) is 8.82. The maximum Gasteiger partial charge on any atom is 0.277 e. The van der Waals surface area contributed by atoms with Gasteiger partial charge < -0.3 is 4.74 Å². The highest BCUT2D eigenvalue weighted by Crippen LogP contribution is 2.32. The quantitative estimate of drug-likeness (QED) is 0.438. The summed E-state index contributed by atoms with van der Waals surface area (Å²) in [7, 11) is 0. The largest absolute Gasteiger partial charge is 0.483 e. The van der Waals surface area contributed by atoms with Crippen LogP contribution in [0.3, 0.4) is 0 Å². The summed E-state index contributed by atoms with van der Waals surface area (Å²) in [4.78, 5) is 12.2. The summed E-state index contributed by atoms with van der Waals surface area (Å²) in [6.07, 6.45) is 0. The van der Waals surface area contributed by atoms with Crippen molar-refractivity contribution in [3.05, 3.63) is 76.8 Å². The molecule has 0 saturated heterocycles. The number of hydrogen-bond donors (Lipinski definition) is 1. The van der Waals surface area contributed by atoms with E-state index in [-0.39, 0.29) is 18.4 Å². The van der Waals surface area contributed by atoms with Gasteiger partial charge in [0.2, 0.25) is 0 Å². The minimum absolute atomic E-state index is 0.111. The Labute approximate surface area is 167 Å². The van der Waals surface area contributed by atoms with Gasteiger partial charge in [-0.2, -0.15) is 5.10 Å². The molecule has 3 rings (SSSR count). The van der Waals surface area contributed by atoms with Crippen LogP contribution in [0.15, 0.2) is 76.3 Å². The number of amides is 1. The topological polar surface area (TPSA) is 50.7 Å². The number of benzene rings is 3. The van der Waals surface area contributed by atoms with Gasteiger partial charge in [-0.15, -0.1) is 0 Å². The van der Waals surface area contributed by atoms with E-state index < -0.39 is 0 Å². The van der Waals surface area contributed by atoms with Crippen molar-refractivity contribution in [2.75, 3.05) is 6.61 Å². The minimum atomic E-state index is -0.302. The number of carbonyl (C=O) groups excluding carboxylic acids is 1. The summed E-state index contributed by atoms with van der Waals surface area (Å²) in [5.41, 5.74) is 4.42. The average molecular weight is 425 g/mol. The molecule has 138 valence electrons. The number of fused-ring (bicyclic) bond motifs is 1. The van der Waals surface area contributed by atoms with Crippen molar-refractivity contribution in [2.45, 2.75) is 13.8 Å². The molecule has 0 aliphatic heterocycles. The Morgan fingerprint density at radius 3 is 2.48 bits per heavy atom. The van der Waals surface area contributed by atoms with Gasteiger partial charge in [-0.1, -0.05) is 74.5 Å². The first kappa shape index (κ1) is 19.1. The van der Waals surface area contributed by atoms with Gasteiger partial charge in [0.15, 0.2) is 6.61 Å². The number of hydrogen-bond acceptors (Lipinski definition) is 3. The van der Waals surface area contributed by atoms with Crippen molar-refractivity contribution in [1.29, 1.82) is 0 Å². The number of carbonyl (C=O) groups is 1. The molecular formula is C22H21BrN2O2. The van der Waals surface area contributed by atoms with E-state index in [2.05, 4.69) is 26.5 Å². The lowest BCUT2D eigenvalue weighted by Gasteiger charge is -2.12. The Morgan fingerprint density at radius 1 is 1.04 bits per heavy atom. The molecule has 0 saturated carbocycles. The van der Waals surface area contributed by atoms with Gasteiger partial charge in [0.1, 0.15) is 5.75 Å². The van der Waals surface area contributed by atoms with Crippen LogP contribution in [-0.2, 0) is 4.79 Å². The third kappa shape index (κ3) is 4.74. The van der Waals surface area contributed by atoms with E-state index in [4.69, 9.17) is 4.74 Å². The van der Waals surface area contributed by atoms with Crippen LogP contribution in [0, 0.1) is 5.92 Å². The number of hydrazone groups is 1. The summed E-state index contributed by atoms with van der Waals surface area (Å²) in [6, 6.07) is 21.6. The fraction of sp³-hybridized carbons (Fsp3) is 0.182. The molecule has 27 heavy (non-hydrogen) atoms. The molecule has 0 aliphatic carbocycles. The molecule has 3 aromatic rings. The number of nitrogens with zero attached hydrogens (tertiary/aromatic N) is 1. The van der Waals surface area contributed by atoms with Gasteiger partial charge in [0.05, 0.1) is 10.2 Å². The summed E-state index contributed by atoms with van der Waals surface area (Å²) in [5, 5.41) is 6.45. The second-order valence-electron chi connectivity index (χ2n) is 6.44. The highest BCUT2D eigenvalue weighted by molar-refractivity contribution is 9.10. The zero-order valence-electron chi connectivity index (χ0n) is 15.3. The molecule has 0 atom stereocenters. The van der Waals surface area contributed by atoms with Gasteiger partial charge in [-0.05, 0) is 44.3 Å². The van der Waals surface area contributed by atoms with Crippen LogP contribution < -0.4 is 10.2 Å². The lowest BCUT2D eigenvalue weighted by molar-refractivity contribution is -0.123. The molecule has 1 amide bonds. The maximum absolute atomic E-state index is 12.2. The highest BCUT2D eigenvalue weighted by Gasteiger charge is 2.11. The van der Waals surface area contributed by atoms with E-state index in [9.17, 15) is 4.79 Å². The molecule has 5 heteroatoms. The van der Waals surface area contributed by atoms with Gasteiger partial charge in [-0.3, -0.25) is 4.79 Å². The molecule has 1 N–H and O–H groups in total. The minimum Gasteiger partial charge on any atom is -0.483 e. The van der Waals surface area contributed by atoms with E-state index >= 15 is 0 Å². The first-order chi connectivity index (χ1) is 13.1. The third-order valence-corrected chi connectivity index (χ3v) is 4.92. The smallest absolute Gasteiger partial charge is 0.277 e. The van der Waals surface area contributed by atoms with Crippen LogP contribution >= 0.6 is 15.9 Å². The number of rotatable bonds is 6. The lowest BCUT2D eigenvalue weighted by atomic mass is 10.0. The number of nitrogens with one attached hydrogen (secondary N) is 1. The molecule has 3 aromatic carbocycles. The van der Waals surface area contributed by atoms with Gasteiger partial charge in [0, 0.05) is 0 Å². The average Bonchev–Trinajstić information content (AvgIpc) is 2.68. The Hall–Kier alpha value is -2.66. The predicted molar refractivity (Wildman–Crippen MR) is 113 cm³/mol. The SMILES string of the molecule is CC(C)C(=NNC(=O)COc1ccc2ccccc2c1Br)c1ccccc1. The molecular weight excluding hydrogens is 404 g/mol. The molecule has 0 aliphatic rings. The van der Waals surface area contributed by atoms with E-state index in [1.54, 1.807) is 0 Å². The normalized spacial score (nSPS) is 11.6. The van der Waals surface area contributed by atoms with Crippen LogP contribution in [0.4, 0.5) is 0 Å². The second-order valence-corrected chi connectivity index (χ2v) is 7.23. The van der Waals surface area contributed by atoms with E-state index in [0.717, 1.165) is 26.5 Å². The zero-order valence-corrected chi connectivity index (χ0v) is 16.9. The Bertz CT molecular complexity index is 968. The van der Waals surface area contributed by atoms with Crippen LogP contribution in [0.25, 0.3) is 10.8 Å². The summed E-state index contributed by atoms with van der Waals surface area (Å²) in [6.45, 7) is 3.97. The fourth-order valence-electron chi connectivity index (χ4n) is 2.76. The van der Waals surface area contributed by atoms with Crippen molar-refractivity contribution < 1.29 is 9.53 Å². The maximum atomic E-state index is 12.2. The summed E-state index contributed by atoms with van der Waals surface area (Å²) >= 11 is 3.56. The van der Waals surface area contributed by atoms with Crippen molar-refractivity contribution in [3.63, 3.8) is 0 Å². The monoisotopic (exact) mass is 424 g/mol. The lowest BCUT2D eigenvalue weighted by Crippen LogP contribution is -2.27. The predicted octanol–water partition coefficient (Wildman–Crippen LogP) is 5.16. The van der Waals surface area contributed by atoms with Crippen molar-refractivity contribution in [1.82, 2.24) is 5.43 Å². The van der Waals surface area contributed by atoms with Crippen molar-refractivity contribution in [2.24, 2.45) is 11.0 Å². The molecule has 0 radical (unpaired) electrons. The molecule has 0 fully saturated rings. The van der Waals surface area contributed by atoms with Gasteiger partial charge >= 0.3 is 0 Å². The number of halogens is 1. The van der Waals surface area contributed by atoms with Crippen LogP contribution in [0.2, 0.25) is 0 Å². The van der Waals surface area contributed by atoms with Gasteiger partial charge in [0.25, 0.3) is 5.91 Å². The molecule has 0 unspecified atom stereocenters. The molecule has 0 aromatic heterocycles. The standard InChI is InChI=1S/C22H21BrN2O2/c1-15(2)22(17-9-4-3-5-10-17)25-24-20(26)14-27-19-13-12-16-8-6-7-11-18(16)21(19)23/h3-13,15H,14H2,1-2H3,(H,24,26). The highest BCUT2D eigenvalue weighted by atomic mass is 79.9. The number of ether oxygens (including phenoxy) is 1. The molecule has 0 bridgehead atoms. The first-order valence-electron chi connectivity index (χ1n) is 8.78. The van der Waals surface area contributed by atoms with E-state index in [1.165, 1.54) is 0 Å². The fourth-order valence-corrected chi connectivity index (χ4v) is 3.37. The Kier molecular flexibility index (Phi) is 6.24.